The first-order valence-corrected chi connectivity index (χ1v) is 7.30. The van der Waals surface area contributed by atoms with Gasteiger partial charge >= 0.3 is 0 Å². The summed E-state index contributed by atoms with van der Waals surface area (Å²) in [6.07, 6.45) is 3.98. The standard InChI is InChI=1S/C16H17ClN4/c17-13-6-4-12(5-7-13)16(8-9-16)11-20-15(18)21-14-3-1-2-10-19-14/h1-7,10H,8-9,11H2,(H3,18,19,20,21). The van der Waals surface area contributed by atoms with Crippen LogP contribution in [0.5, 0.6) is 0 Å². The van der Waals surface area contributed by atoms with Crippen molar-refractivity contribution in [3.05, 3.63) is 59.2 Å². The van der Waals surface area contributed by atoms with Gasteiger partial charge in [-0.05, 0) is 42.7 Å². The van der Waals surface area contributed by atoms with Crippen LogP contribution in [0.15, 0.2) is 53.7 Å². The van der Waals surface area contributed by atoms with Crippen LogP contribution in [0.4, 0.5) is 5.82 Å². The second kappa shape index (κ2) is 5.74. The summed E-state index contributed by atoms with van der Waals surface area (Å²) in [6, 6.07) is 13.6. The largest absolute Gasteiger partial charge is 0.370 e. The first-order valence-electron chi connectivity index (χ1n) is 6.92. The number of anilines is 1. The van der Waals surface area contributed by atoms with Crippen molar-refractivity contribution in [2.45, 2.75) is 18.3 Å². The fourth-order valence-electron chi connectivity index (χ4n) is 2.34. The number of nitrogens with zero attached hydrogens (tertiary/aromatic N) is 2. The third kappa shape index (κ3) is 3.34. The van der Waals surface area contributed by atoms with Crippen molar-refractivity contribution < 1.29 is 0 Å². The smallest absolute Gasteiger partial charge is 0.194 e. The molecule has 1 aromatic carbocycles. The molecule has 0 amide bonds. The minimum atomic E-state index is 0.126. The van der Waals surface area contributed by atoms with Gasteiger partial charge in [0.05, 0.1) is 6.54 Å². The monoisotopic (exact) mass is 300 g/mol. The Balaban J connectivity index is 1.66. The molecule has 1 fully saturated rings. The van der Waals surface area contributed by atoms with Crippen LogP contribution < -0.4 is 11.1 Å². The van der Waals surface area contributed by atoms with Crippen LogP contribution in [0.1, 0.15) is 18.4 Å². The highest BCUT2D eigenvalue weighted by Gasteiger charge is 2.44. The van der Waals surface area contributed by atoms with Gasteiger partial charge in [-0.1, -0.05) is 29.8 Å². The summed E-state index contributed by atoms with van der Waals surface area (Å²) < 4.78 is 0. The Morgan fingerprint density at radius 3 is 2.62 bits per heavy atom. The molecule has 1 aliphatic carbocycles. The first-order chi connectivity index (χ1) is 10.2. The average Bonchev–Trinajstić information content (AvgIpc) is 3.28. The summed E-state index contributed by atoms with van der Waals surface area (Å²) in [5.74, 6) is 1.10. The Bertz CT molecular complexity index is 633. The summed E-state index contributed by atoms with van der Waals surface area (Å²) in [4.78, 5) is 8.62. The van der Waals surface area contributed by atoms with Crippen molar-refractivity contribution in [2.75, 3.05) is 11.9 Å². The predicted molar refractivity (Wildman–Crippen MR) is 86.7 cm³/mol. The van der Waals surface area contributed by atoms with Crippen LogP contribution in [0.2, 0.25) is 5.02 Å². The van der Waals surface area contributed by atoms with Gasteiger partial charge in [0.1, 0.15) is 5.82 Å². The molecule has 1 heterocycles. The summed E-state index contributed by atoms with van der Waals surface area (Å²) in [6.45, 7) is 0.681. The van der Waals surface area contributed by atoms with Gasteiger partial charge in [-0.25, -0.2) is 4.98 Å². The number of halogens is 1. The lowest BCUT2D eigenvalue weighted by Gasteiger charge is -2.13. The van der Waals surface area contributed by atoms with Gasteiger partial charge in [-0.2, -0.15) is 0 Å². The van der Waals surface area contributed by atoms with E-state index in [1.807, 2.05) is 30.3 Å². The van der Waals surface area contributed by atoms with Crippen LogP contribution in [0, 0.1) is 0 Å². The minimum absolute atomic E-state index is 0.126. The Morgan fingerprint density at radius 2 is 2.00 bits per heavy atom. The van der Waals surface area contributed by atoms with Crippen molar-refractivity contribution in [1.82, 2.24) is 4.98 Å². The maximum Gasteiger partial charge on any atom is 0.194 e. The van der Waals surface area contributed by atoms with Crippen LogP contribution in [0.3, 0.4) is 0 Å². The van der Waals surface area contributed by atoms with Gasteiger partial charge in [0.15, 0.2) is 5.96 Å². The van der Waals surface area contributed by atoms with Gasteiger partial charge in [0.25, 0.3) is 0 Å². The highest BCUT2D eigenvalue weighted by molar-refractivity contribution is 6.30. The molecule has 21 heavy (non-hydrogen) atoms. The Morgan fingerprint density at radius 1 is 1.24 bits per heavy atom. The van der Waals surface area contributed by atoms with E-state index in [1.165, 1.54) is 5.56 Å². The SMILES string of the molecule is NC(=NCC1(c2ccc(Cl)cc2)CC1)Nc1ccccn1. The normalized spacial score (nSPS) is 16.5. The summed E-state index contributed by atoms with van der Waals surface area (Å²) in [5.41, 5.74) is 7.33. The molecular weight excluding hydrogens is 284 g/mol. The summed E-state index contributed by atoms with van der Waals surface area (Å²) in [7, 11) is 0. The molecule has 5 heteroatoms. The Kier molecular flexibility index (Phi) is 3.80. The zero-order valence-corrected chi connectivity index (χ0v) is 12.3. The molecule has 2 aromatic rings. The van der Waals surface area contributed by atoms with Crippen molar-refractivity contribution >= 4 is 23.4 Å². The van der Waals surface area contributed by atoms with Crippen LogP contribution in [-0.2, 0) is 5.41 Å². The van der Waals surface area contributed by atoms with Crippen LogP contribution >= 0.6 is 11.6 Å². The quantitative estimate of drug-likeness (QED) is 0.673. The third-order valence-electron chi connectivity index (χ3n) is 3.78. The fraction of sp³-hybridized carbons (Fsp3) is 0.250. The number of aliphatic imine (C=N–C) groups is 1. The molecule has 0 aliphatic heterocycles. The number of nitrogens with one attached hydrogen (secondary N) is 1. The van der Waals surface area contributed by atoms with Crippen molar-refractivity contribution in [3.8, 4) is 0 Å². The molecule has 4 nitrogen and oxygen atoms in total. The van der Waals surface area contributed by atoms with E-state index in [9.17, 15) is 0 Å². The van der Waals surface area contributed by atoms with Gasteiger partial charge in [0, 0.05) is 16.6 Å². The van der Waals surface area contributed by atoms with E-state index < -0.39 is 0 Å². The predicted octanol–water partition coefficient (Wildman–Crippen LogP) is 3.19. The van der Waals surface area contributed by atoms with Gasteiger partial charge in [0.2, 0.25) is 0 Å². The maximum atomic E-state index is 5.94. The number of benzene rings is 1. The first kappa shape index (κ1) is 13.9. The van der Waals surface area contributed by atoms with E-state index in [0.717, 1.165) is 17.9 Å². The van der Waals surface area contributed by atoms with E-state index in [0.29, 0.717) is 18.3 Å². The minimum Gasteiger partial charge on any atom is -0.370 e. The highest BCUT2D eigenvalue weighted by Crippen LogP contribution is 2.48. The lowest BCUT2D eigenvalue weighted by Crippen LogP contribution is -2.25. The molecule has 0 saturated heterocycles. The number of guanidine groups is 1. The van der Waals surface area contributed by atoms with Crippen molar-refractivity contribution in [2.24, 2.45) is 10.7 Å². The fourth-order valence-corrected chi connectivity index (χ4v) is 2.46. The van der Waals surface area contributed by atoms with Crippen LogP contribution in [-0.4, -0.2) is 17.5 Å². The second-order valence-electron chi connectivity index (χ2n) is 5.33. The number of hydrogen-bond acceptors (Lipinski definition) is 2. The molecule has 3 N–H and O–H groups in total. The molecule has 1 saturated carbocycles. The molecule has 1 aromatic heterocycles. The Labute approximate surface area is 129 Å². The zero-order valence-electron chi connectivity index (χ0n) is 11.6. The zero-order chi connectivity index (χ0) is 14.7. The van der Waals surface area contributed by atoms with Gasteiger partial charge in [-0.3, -0.25) is 4.99 Å². The molecule has 3 rings (SSSR count). The lowest BCUT2D eigenvalue weighted by molar-refractivity contribution is 0.705. The Hall–Kier alpha value is -2.07. The topological polar surface area (TPSA) is 63.3 Å². The van der Waals surface area contributed by atoms with E-state index in [2.05, 4.69) is 27.4 Å². The molecule has 0 bridgehead atoms. The highest BCUT2D eigenvalue weighted by atomic mass is 35.5. The maximum absolute atomic E-state index is 5.94. The molecule has 108 valence electrons. The van der Waals surface area contributed by atoms with E-state index in [-0.39, 0.29) is 5.41 Å². The molecule has 0 spiro atoms. The number of nitrogens with two attached hydrogens (primary N) is 1. The van der Waals surface area contributed by atoms with Gasteiger partial charge < -0.3 is 11.1 Å². The number of rotatable bonds is 4. The molecule has 0 atom stereocenters. The van der Waals surface area contributed by atoms with Crippen molar-refractivity contribution in [1.29, 1.82) is 0 Å². The number of aromatic nitrogens is 1. The molecule has 0 unspecified atom stereocenters. The molecule has 0 radical (unpaired) electrons. The molecule has 1 aliphatic rings. The van der Waals surface area contributed by atoms with Crippen molar-refractivity contribution in [3.63, 3.8) is 0 Å². The molecular formula is C16H17ClN4. The van der Waals surface area contributed by atoms with E-state index >= 15 is 0 Å². The number of hydrogen-bond donors (Lipinski definition) is 2. The summed E-state index contributed by atoms with van der Waals surface area (Å²) >= 11 is 5.94. The van der Waals surface area contributed by atoms with E-state index in [4.69, 9.17) is 17.3 Å². The van der Waals surface area contributed by atoms with Crippen LogP contribution in [0.25, 0.3) is 0 Å². The lowest BCUT2D eigenvalue weighted by atomic mass is 9.96. The van der Waals surface area contributed by atoms with E-state index in [1.54, 1.807) is 6.20 Å². The van der Waals surface area contributed by atoms with Gasteiger partial charge in [-0.15, -0.1) is 0 Å². The average molecular weight is 301 g/mol. The third-order valence-corrected chi connectivity index (χ3v) is 4.04. The second-order valence-corrected chi connectivity index (χ2v) is 5.77. The number of pyridine rings is 1. The summed E-state index contributed by atoms with van der Waals surface area (Å²) in [5, 5.41) is 3.76.